The Kier molecular flexibility index (Phi) is 7.62. The molecule has 0 aliphatic carbocycles. The van der Waals surface area contributed by atoms with E-state index < -0.39 is 11.7 Å². The number of hydrogen-bond donors (Lipinski definition) is 2. The van der Waals surface area contributed by atoms with Crippen LogP contribution in [0.5, 0.6) is 5.75 Å². The van der Waals surface area contributed by atoms with Gasteiger partial charge in [0.25, 0.3) is 0 Å². The second-order valence-electron chi connectivity index (χ2n) is 5.25. The van der Waals surface area contributed by atoms with Crippen LogP contribution in [-0.2, 0) is 6.18 Å². The lowest BCUT2D eigenvalue weighted by Gasteiger charge is -2.10. The Morgan fingerprint density at radius 1 is 1.00 bits per heavy atom. The number of aromatic hydroxyl groups is 1. The van der Waals surface area contributed by atoms with E-state index in [0.29, 0.717) is 5.92 Å². The molecule has 0 saturated heterocycles. The first-order chi connectivity index (χ1) is 10.8. The van der Waals surface area contributed by atoms with Crippen LogP contribution in [-0.4, -0.2) is 18.7 Å². The van der Waals surface area contributed by atoms with Crippen molar-refractivity contribution in [3.63, 3.8) is 0 Å². The Balaban J connectivity index is 0.000000231. The van der Waals surface area contributed by atoms with Gasteiger partial charge in [-0.25, -0.2) is 0 Å². The van der Waals surface area contributed by atoms with E-state index in [0.717, 1.165) is 30.8 Å². The molecule has 126 valence electrons. The molecule has 0 aromatic heterocycles. The van der Waals surface area contributed by atoms with Crippen LogP contribution >= 0.6 is 0 Å². The van der Waals surface area contributed by atoms with Gasteiger partial charge in [0, 0.05) is 0 Å². The number of nitrogens with one attached hydrogen (secondary N) is 1. The smallest absolute Gasteiger partial charge is 0.416 e. The van der Waals surface area contributed by atoms with Crippen LogP contribution in [0, 0.1) is 0 Å². The predicted molar refractivity (Wildman–Crippen MR) is 86.5 cm³/mol. The van der Waals surface area contributed by atoms with E-state index >= 15 is 0 Å². The molecule has 0 aliphatic heterocycles. The molecule has 1 atom stereocenters. The molecule has 0 spiro atoms. The molecule has 2 aromatic carbocycles. The SMILES string of the molecule is CNCCC(C)c1ccccc1.Oc1ccc(C(F)(F)F)cc1. The van der Waals surface area contributed by atoms with Gasteiger partial charge in [-0.15, -0.1) is 0 Å². The van der Waals surface area contributed by atoms with Gasteiger partial charge in [0.2, 0.25) is 0 Å². The Morgan fingerprint density at radius 3 is 2.04 bits per heavy atom. The van der Waals surface area contributed by atoms with Crippen molar-refractivity contribution < 1.29 is 18.3 Å². The highest BCUT2D eigenvalue weighted by Crippen LogP contribution is 2.29. The third-order valence-corrected chi connectivity index (χ3v) is 3.39. The molecule has 23 heavy (non-hydrogen) atoms. The summed E-state index contributed by atoms with van der Waals surface area (Å²) in [6.07, 6.45) is -3.12. The lowest BCUT2D eigenvalue weighted by atomic mass is 9.98. The fraction of sp³-hybridized carbons (Fsp3) is 0.333. The lowest BCUT2D eigenvalue weighted by Crippen LogP contribution is -2.10. The third kappa shape index (κ3) is 7.19. The van der Waals surface area contributed by atoms with Crippen molar-refractivity contribution in [2.24, 2.45) is 0 Å². The van der Waals surface area contributed by atoms with Crippen molar-refractivity contribution in [1.82, 2.24) is 5.32 Å². The summed E-state index contributed by atoms with van der Waals surface area (Å²) >= 11 is 0. The van der Waals surface area contributed by atoms with Crippen LogP contribution in [0.25, 0.3) is 0 Å². The van der Waals surface area contributed by atoms with Crippen LogP contribution in [0.2, 0.25) is 0 Å². The molecule has 2 aromatic rings. The summed E-state index contributed by atoms with van der Waals surface area (Å²) in [7, 11) is 2.00. The monoisotopic (exact) mass is 325 g/mol. The second kappa shape index (κ2) is 9.20. The second-order valence-corrected chi connectivity index (χ2v) is 5.25. The minimum atomic E-state index is -4.33. The van der Waals surface area contributed by atoms with Crippen molar-refractivity contribution in [3.05, 3.63) is 65.7 Å². The number of benzene rings is 2. The number of phenolic OH excluding ortho intramolecular Hbond substituents is 1. The molecule has 5 heteroatoms. The van der Waals surface area contributed by atoms with E-state index in [1.54, 1.807) is 0 Å². The molecular weight excluding hydrogens is 303 g/mol. The standard InChI is InChI=1S/C11H17N.C7H5F3O/c1-10(8-9-12-2)11-6-4-3-5-7-11;8-7(9,10)5-1-3-6(11)4-2-5/h3-7,10,12H,8-9H2,1-2H3;1-4,11H. The van der Waals surface area contributed by atoms with Crippen molar-refractivity contribution >= 4 is 0 Å². The van der Waals surface area contributed by atoms with E-state index in [-0.39, 0.29) is 5.75 Å². The van der Waals surface area contributed by atoms with Crippen molar-refractivity contribution in [1.29, 1.82) is 0 Å². The third-order valence-electron chi connectivity index (χ3n) is 3.39. The fourth-order valence-corrected chi connectivity index (χ4v) is 1.96. The highest BCUT2D eigenvalue weighted by atomic mass is 19.4. The van der Waals surface area contributed by atoms with Crippen molar-refractivity contribution in [2.75, 3.05) is 13.6 Å². The zero-order valence-corrected chi connectivity index (χ0v) is 13.3. The Morgan fingerprint density at radius 2 is 1.57 bits per heavy atom. The topological polar surface area (TPSA) is 32.3 Å². The van der Waals surface area contributed by atoms with Crippen molar-refractivity contribution in [3.8, 4) is 5.75 Å². The van der Waals surface area contributed by atoms with Gasteiger partial charge < -0.3 is 10.4 Å². The van der Waals surface area contributed by atoms with Gasteiger partial charge in [0.15, 0.2) is 0 Å². The molecular formula is C18H22F3NO. The van der Waals surface area contributed by atoms with Crippen LogP contribution in [0.4, 0.5) is 13.2 Å². The first-order valence-electron chi connectivity index (χ1n) is 7.40. The average molecular weight is 325 g/mol. The van der Waals surface area contributed by atoms with E-state index in [1.165, 1.54) is 12.0 Å². The van der Waals surface area contributed by atoms with Crippen LogP contribution in [0.15, 0.2) is 54.6 Å². The summed E-state index contributed by atoms with van der Waals surface area (Å²) in [4.78, 5) is 0. The number of alkyl halides is 3. The maximum absolute atomic E-state index is 11.8. The average Bonchev–Trinajstić information content (AvgIpc) is 2.53. The zero-order valence-electron chi connectivity index (χ0n) is 13.3. The molecule has 0 bridgehead atoms. The quantitative estimate of drug-likeness (QED) is 0.845. The van der Waals surface area contributed by atoms with Gasteiger partial charge in [-0.1, -0.05) is 37.3 Å². The number of hydrogen-bond acceptors (Lipinski definition) is 2. The number of halogens is 3. The molecule has 0 saturated carbocycles. The van der Waals surface area contributed by atoms with Crippen molar-refractivity contribution in [2.45, 2.75) is 25.4 Å². The molecule has 2 nitrogen and oxygen atoms in total. The van der Waals surface area contributed by atoms with Gasteiger partial charge in [-0.3, -0.25) is 0 Å². The molecule has 2 N–H and O–H groups in total. The zero-order chi connectivity index (χ0) is 17.3. The first-order valence-corrected chi connectivity index (χ1v) is 7.40. The maximum atomic E-state index is 11.8. The number of phenols is 1. The summed E-state index contributed by atoms with van der Waals surface area (Å²) in [5, 5.41) is 11.8. The molecule has 0 amide bonds. The summed E-state index contributed by atoms with van der Waals surface area (Å²) in [5.74, 6) is 0.497. The van der Waals surface area contributed by atoms with E-state index in [2.05, 4.69) is 42.6 Å². The minimum absolute atomic E-state index is 0.169. The van der Waals surface area contributed by atoms with Gasteiger partial charge >= 0.3 is 6.18 Å². The summed E-state index contributed by atoms with van der Waals surface area (Å²) in [6.45, 7) is 3.36. The van der Waals surface area contributed by atoms with Gasteiger partial charge in [0.1, 0.15) is 5.75 Å². The molecule has 1 unspecified atom stereocenters. The van der Waals surface area contributed by atoms with Crippen LogP contribution < -0.4 is 5.32 Å². The highest BCUT2D eigenvalue weighted by molar-refractivity contribution is 5.27. The Labute approximate surface area is 135 Å². The predicted octanol–water partition coefficient (Wildman–Crippen LogP) is 4.81. The minimum Gasteiger partial charge on any atom is -0.508 e. The molecule has 0 aliphatic rings. The normalized spacial score (nSPS) is 12.2. The molecule has 0 fully saturated rings. The van der Waals surface area contributed by atoms with E-state index in [4.69, 9.17) is 5.11 Å². The first kappa shape index (κ1) is 19.0. The van der Waals surface area contributed by atoms with Crippen LogP contribution in [0.3, 0.4) is 0 Å². The summed E-state index contributed by atoms with van der Waals surface area (Å²) in [5.41, 5.74) is 0.683. The van der Waals surface area contributed by atoms with Gasteiger partial charge in [-0.05, 0) is 55.8 Å². The van der Waals surface area contributed by atoms with Crippen LogP contribution in [0.1, 0.15) is 30.4 Å². The van der Waals surface area contributed by atoms with E-state index in [1.807, 2.05) is 7.05 Å². The van der Waals surface area contributed by atoms with Gasteiger partial charge in [0.05, 0.1) is 5.56 Å². The summed E-state index contributed by atoms with van der Waals surface area (Å²) < 4.78 is 35.5. The Bertz CT molecular complexity index is 553. The lowest BCUT2D eigenvalue weighted by molar-refractivity contribution is -0.137. The fourth-order valence-electron chi connectivity index (χ4n) is 1.96. The van der Waals surface area contributed by atoms with E-state index in [9.17, 15) is 13.2 Å². The number of rotatable bonds is 4. The molecule has 2 rings (SSSR count). The molecule has 0 radical (unpaired) electrons. The van der Waals surface area contributed by atoms with Gasteiger partial charge in [-0.2, -0.15) is 13.2 Å². The largest absolute Gasteiger partial charge is 0.508 e. The Hall–Kier alpha value is -2.01. The molecule has 0 heterocycles. The highest BCUT2D eigenvalue weighted by Gasteiger charge is 2.29. The maximum Gasteiger partial charge on any atom is 0.416 e. The summed E-state index contributed by atoms with van der Waals surface area (Å²) in [6, 6.07) is 14.3.